The Morgan fingerprint density at radius 3 is 1.14 bits per heavy atom. The van der Waals surface area contributed by atoms with E-state index in [4.69, 9.17) is 0 Å². The molecule has 0 fully saturated rings. The number of aryl methyl sites for hydroxylation is 2. The standard InChI is InChI=1S/C8H10.C3H6O.C2H6/c1-7-3-5-8(2)6-4-7;1-3(2)4;1-2/h3-6H,1-2H3;1-2H3;1-2H3. The van der Waals surface area contributed by atoms with Crippen molar-refractivity contribution in [1.29, 1.82) is 0 Å². The molecule has 0 aliphatic heterocycles. The van der Waals surface area contributed by atoms with Gasteiger partial charge >= 0.3 is 0 Å². The van der Waals surface area contributed by atoms with Crippen LogP contribution in [0.4, 0.5) is 0 Å². The molecule has 0 aliphatic rings. The first kappa shape index (κ1) is 15.4. The van der Waals surface area contributed by atoms with Crippen molar-refractivity contribution in [3.63, 3.8) is 0 Å². The molecule has 0 heterocycles. The topological polar surface area (TPSA) is 17.1 Å². The summed E-state index contributed by atoms with van der Waals surface area (Å²) < 4.78 is 0. The van der Waals surface area contributed by atoms with E-state index < -0.39 is 0 Å². The molecular weight excluding hydrogens is 172 g/mol. The quantitative estimate of drug-likeness (QED) is 0.611. The fourth-order valence-corrected chi connectivity index (χ4v) is 0.637. The maximum atomic E-state index is 9.44. The number of rotatable bonds is 0. The Morgan fingerprint density at radius 1 is 0.857 bits per heavy atom. The fourth-order valence-electron chi connectivity index (χ4n) is 0.637. The van der Waals surface area contributed by atoms with Crippen LogP contribution in [0.3, 0.4) is 0 Å². The van der Waals surface area contributed by atoms with Gasteiger partial charge < -0.3 is 4.79 Å². The van der Waals surface area contributed by atoms with Gasteiger partial charge in [-0.25, -0.2) is 0 Å². The summed E-state index contributed by atoms with van der Waals surface area (Å²) in [5.41, 5.74) is 2.66. The monoisotopic (exact) mass is 194 g/mol. The third-order valence-electron chi connectivity index (χ3n) is 1.22. The molecule has 0 radical (unpaired) electrons. The molecule has 0 aromatic heterocycles. The summed E-state index contributed by atoms with van der Waals surface area (Å²) in [7, 11) is 0. The number of carbonyl (C=O) groups is 1. The van der Waals surface area contributed by atoms with E-state index in [1.165, 1.54) is 25.0 Å². The average molecular weight is 194 g/mol. The van der Waals surface area contributed by atoms with Crippen molar-refractivity contribution in [2.24, 2.45) is 0 Å². The van der Waals surface area contributed by atoms with Crippen LogP contribution in [-0.4, -0.2) is 5.78 Å². The lowest BCUT2D eigenvalue weighted by Crippen LogP contribution is -1.70. The predicted molar refractivity (Wildman–Crippen MR) is 63.6 cm³/mol. The molecule has 0 saturated carbocycles. The minimum absolute atomic E-state index is 0.167. The zero-order valence-corrected chi connectivity index (χ0v) is 10.2. The SMILES string of the molecule is CC.CC(C)=O.Cc1ccc(C)cc1. The third kappa shape index (κ3) is 13.5. The van der Waals surface area contributed by atoms with Crippen molar-refractivity contribution >= 4 is 5.78 Å². The Labute approximate surface area is 88.2 Å². The second-order valence-corrected chi connectivity index (χ2v) is 3.06. The van der Waals surface area contributed by atoms with Crippen LogP contribution in [0.25, 0.3) is 0 Å². The van der Waals surface area contributed by atoms with Gasteiger partial charge in [-0.15, -0.1) is 0 Å². The van der Waals surface area contributed by atoms with E-state index in [0.717, 1.165) is 0 Å². The van der Waals surface area contributed by atoms with E-state index in [0.29, 0.717) is 0 Å². The Bertz CT molecular complexity index is 209. The lowest BCUT2D eigenvalue weighted by molar-refractivity contribution is -0.114. The number of ketones is 1. The molecule has 0 N–H and O–H groups in total. The van der Waals surface area contributed by atoms with Crippen molar-refractivity contribution in [2.45, 2.75) is 41.5 Å². The Balaban J connectivity index is 0. The molecule has 1 aromatic rings. The number of benzene rings is 1. The van der Waals surface area contributed by atoms with E-state index >= 15 is 0 Å². The molecule has 0 bridgehead atoms. The van der Waals surface area contributed by atoms with Crippen molar-refractivity contribution < 1.29 is 4.79 Å². The average Bonchev–Trinajstić information content (AvgIpc) is 2.13. The van der Waals surface area contributed by atoms with Crippen molar-refractivity contribution in [2.75, 3.05) is 0 Å². The highest BCUT2D eigenvalue weighted by molar-refractivity contribution is 5.72. The maximum absolute atomic E-state index is 9.44. The first-order valence-corrected chi connectivity index (χ1v) is 5.03. The van der Waals surface area contributed by atoms with Crippen LogP contribution in [0.5, 0.6) is 0 Å². The molecule has 1 aromatic carbocycles. The van der Waals surface area contributed by atoms with Gasteiger partial charge in [0.15, 0.2) is 0 Å². The zero-order chi connectivity index (χ0) is 11.6. The summed E-state index contributed by atoms with van der Waals surface area (Å²) in [6.45, 7) is 11.2. The van der Waals surface area contributed by atoms with Crippen molar-refractivity contribution in [1.82, 2.24) is 0 Å². The summed E-state index contributed by atoms with van der Waals surface area (Å²) in [5, 5.41) is 0. The number of carbonyl (C=O) groups excluding carboxylic acids is 1. The van der Waals surface area contributed by atoms with E-state index in [9.17, 15) is 4.79 Å². The Hall–Kier alpha value is -1.11. The third-order valence-corrected chi connectivity index (χ3v) is 1.22. The number of Topliss-reactive ketones (excluding diaryl/α,β-unsaturated/α-hetero) is 1. The van der Waals surface area contributed by atoms with Crippen molar-refractivity contribution in [3.05, 3.63) is 35.4 Å². The molecule has 80 valence electrons. The second-order valence-electron chi connectivity index (χ2n) is 3.06. The highest BCUT2D eigenvalue weighted by Gasteiger charge is 1.79. The predicted octanol–water partition coefficient (Wildman–Crippen LogP) is 3.92. The van der Waals surface area contributed by atoms with Crippen LogP contribution < -0.4 is 0 Å². The molecule has 1 heteroatoms. The van der Waals surface area contributed by atoms with E-state index in [2.05, 4.69) is 38.1 Å². The lowest BCUT2D eigenvalue weighted by atomic mass is 10.2. The minimum Gasteiger partial charge on any atom is -0.300 e. The maximum Gasteiger partial charge on any atom is 0.126 e. The fraction of sp³-hybridized carbons (Fsp3) is 0.462. The van der Waals surface area contributed by atoms with Crippen LogP contribution in [-0.2, 0) is 4.79 Å². The molecule has 0 amide bonds. The van der Waals surface area contributed by atoms with Gasteiger partial charge in [-0.2, -0.15) is 0 Å². The molecule has 0 unspecified atom stereocenters. The highest BCUT2D eigenvalue weighted by atomic mass is 16.1. The molecule has 0 spiro atoms. The van der Waals surface area contributed by atoms with Crippen LogP contribution in [0.1, 0.15) is 38.8 Å². The second kappa shape index (κ2) is 9.97. The lowest BCUT2D eigenvalue weighted by Gasteiger charge is -1.90. The van der Waals surface area contributed by atoms with Gasteiger partial charge in [0, 0.05) is 0 Å². The molecule has 1 nitrogen and oxygen atoms in total. The minimum atomic E-state index is 0.167. The zero-order valence-electron chi connectivity index (χ0n) is 10.2. The van der Waals surface area contributed by atoms with E-state index in [1.54, 1.807) is 0 Å². The van der Waals surface area contributed by atoms with Gasteiger partial charge in [0.25, 0.3) is 0 Å². The van der Waals surface area contributed by atoms with Crippen LogP contribution >= 0.6 is 0 Å². The summed E-state index contributed by atoms with van der Waals surface area (Å²) in [5.74, 6) is 0.167. The van der Waals surface area contributed by atoms with Gasteiger partial charge in [0.05, 0.1) is 0 Å². The smallest absolute Gasteiger partial charge is 0.126 e. The molecule has 14 heavy (non-hydrogen) atoms. The molecule has 0 aliphatic carbocycles. The summed E-state index contributed by atoms with van der Waals surface area (Å²) in [4.78, 5) is 9.44. The van der Waals surface area contributed by atoms with Crippen LogP contribution in [0, 0.1) is 13.8 Å². The largest absolute Gasteiger partial charge is 0.300 e. The molecular formula is C13H22O. The van der Waals surface area contributed by atoms with Gasteiger partial charge in [-0.05, 0) is 27.7 Å². The number of hydrogen-bond donors (Lipinski definition) is 0. The van der Waals surface area contributed by atoms with E-state index in [-0.39, 0.29) is 5.78 Å². The van der Waals surface area contributed by atoms with Gasteiger partial charge in [-0.3, -0.25) is 0 Å². The van der Waals surface area contributed by atoms with Crippen LogP contribution in [0.15, 0.2) is 24.3 Å². The Kier molecular flexibility index (Phi) is 10.9. The normalized spacial score (nSPS) is 7.57. The van der Waals surface area contributed by atoms with Gasteiger partial charge in [0.2, 0.25) is 0 Å². The van der Waals surface area contributed by atoms with Gasteiger partial charge in [0.1, 0.15) is 5.78 Å². The molecule has 0 saturated heterocycles. The number of hydrogen-bond acceptors (Lipinski definition) is 1. The summed E-state index contributed by atoms with van der Waals surface area (Å²) >= 11 is 0. The van der Waals surface area contributed by atoms with Crippen LogP contribution in [0.2, 0.25) is 0 Å². The molecule has 1 rings (SSSR count). The summed E-state index contributed by atoms with van der Waals surface area (Å²) in [6.07, 6.45) is 0. The highest BCUT2D eigenvalue weighted by Crippen LogP contribution is 1.99. The van der Waals surface area contributed by atoms with E-state index in [1.807, 2.05) is 13.8 Å². The summed E-state index contributed by atoms with van der Waals surface area (Å²) in [6, 6.07) is 8.48. The van der Waals surface area contributed by atoms with Crippen molar-refractivity contribution in [3.8, 4) is 0 Å². The first-order valence-electron chi connectivity index (χ1n) is 5.03. The molecule has 0 atom stereocenters. The first-order chi connectivity index (χ1) is 6.52. The van der Waals surface area contributed by atoms with Gasteiger partial charge in [-0.1, -0.05) is 49.2 Å². The Morgan fingerprint density at radius 2 is 1.00 bits per heavy atom.